The van der Waals surface area contributed by atoms with E-state index < -0.39 is 5.41 Å². The molecule has 0 bridgehead atoms. The van der Waals surface area contributed by atoms with Gasteiger partial charge in [0.25, 0.3) is 0 Å². The molecule has 7 aromatic carbocycles. The summed E-state index contributed by atoms with van der Waals surface area (Å²) in [4.78, 5) is 17.0. The van der Waals surface area contributed by atoms with Gasteiger partial charge in [0.2, 0.25) is 0 Å². The first kappa shape index (κ1) is 46.5. The van der Waals surface area contributed by atoms with Crippen molar-refractivity contribution in [2.75, 3.05) is 4.90 Å². The molecule has 8 heteroatoms. The van der Waals surface area contributed by atoms with Crippen LogP contribution in [0.5, 0.6) is 11.5 Å². The summed E-state index contributed by atoms with van der Waals surface area (Å²) in [6.45, 7) is 13.6. The number of rotatable bonds is 7. The van der Waals surface area contributed by atoms with E-state index in [1.165, 1.54) is 5.56 Å². The minimum atomic E-state index is -0.712. The third-order valence-corrected chi connectivity index (χ3v) is 16.1. The first-order chi connectivity index (χ1) is 36.4. The van der Waals surface area contributed by atoms with Crippen molar-refractivity contribution in [1.29, 1.82) is 0 Å². The van der Waals surface area contributed by atoms with Gasteiger partial charge in [-0.25, -0.2) is 0 Å². The summed E-state index contributed by atoms with van der Waals surface area (Å²) in [6.07, 6.45) is 9.83. The summed E-state index contributed by atoms with van der Waals surface area (Å²) in [5, 5.41) is 0. The quantitative estimate of drug-likeness (QED) is 0.159. The molecule has 1 spiro atoms. The Morgan fingerprint density at radius 2 is 1.04 bits per heavy atom. The Morgan fingerprint density at radius 3 is 1.68 bits per heavy atom. The van der Waals surface area contributed by atoms with Crippen molar-refractivity contribution >= 4 is 28.2 Å². The van der Waals surface area contributed by atoms with Crippen LogP contribution in [0.4, 0.5) is 17.2 Å². The number of nitrogens with zero attached hydrogens (tertiary/aromatic N) is 6. The van der Waals surface area contributed by atoms with Crippen LogP contribution in [0.1, 0.15) is 74.9 Å². The molecule has 1 aliphatic heterocycles. The number of imidazole rings is 1. The van der Waals surface area contributed by atoms with E-state index in [-0.39, 0.29) is 10.8 Å². The van der Waals surface area contributed by atoms with Gasteiger partial charge in [-0.3, -0.25) is 9.97 Å². The van der Waals surface area contributed by atoms with E-state index in [2.05, 4.69) is 263 Å². The molecule has 5 heterocycles. The van der Waals surface area contributed by atoms with Gasteiger partial charge in [-0.05, 0) is 40.3 Å². The van der Waals surface area contributed by atoms with Gasteiger partial charge in [0.05, 0.1) is 0 Å². The third-order valence-electron chi connectivity index (χ3n) is 15.1. The number of hydrogen-bond acceptors (Lipinski definition) is 5. The van der Waals surface area contributed by atoms with Crippen molar-refractivity contribution in [2.24, 2.45) is 0 Å². The first-order valence-corrected chi connectivity index (χ1v) is 26.7. The Kier molecular flexibility index (Phi) is 11.0. The first-order valence-electron chi connectivity index (χ1n) is 25.6. The molecule has 0 saturated heterocycles. The maximum atomic E-state index is 7.29. The van der Waals surface area contributed by atoms with Crippen LogP contribution in [0.3, 0.4) is 0 Å². The third kappa shape index (κ3) is 7.50. The second-order valence-electron chi connectivity index (χ2n) is 21.7. The fourth-order valence-corrected chi connectivity index (χ4v) is 12.7. The van der Waals surface area contributed by atoms with Gasteiger partial charge in [-0.1, -0.05) is 39.0 Å². The second kappa shape index (κ2) is 17.7. The normalized spacial score (nSPS) is 13.4. The molecule has 11 aromatic rings. The van der Waals surface area contributed by atoms with Crippen molar-refractivity contribution in [3.8, 4) is 56.3 Å². The van der Waals surface area contributed by atoms with Crippen LogP contribution in [-0.4, -0.2) is 24.1 Å². The second-order valence-corrected chi connectivity index (χ2v) is 22.7. The van der Waals surface area contributed by atoms with Gasteiger partial charge >= 0.3 is 331 Å². The number of benzene rings is 7. The number of aromatic nitrogens is 5. The monoisotopic (exact) mass is 1150 g/mol. The predicted molar refractivity (Wildman–Crippen MR) is 300 cm³/mol. The van der Waals surface area contributed by atoms with Crippen LogP contribution in [0, 0.1) is 3.80 Å². The molecule has 0 radical (unpaired) electrons. The molecule has 13 rings (SSSR count). The van der Waals surface area contributed by atoms with Crippen molar-refractivity contribution in [1.82, 2.24) is 24.1 Å². The molecule has 0 saturated carbocycles. The molecule has 368 valence electrons. The number of ether oxygens (including phenoxy) is 1. The zero-order valence-corrected chi connectivity index (χ0v) is 45.0. The van der Waals surface area contributed by atoms with E-state index in [9.17, 15) is 0 Å². The summed E-state index contributed by atoms with van der Waals surface area (Å²) in [6, 6.07) is 67.6. The van der Waals surface area contributed by atoms with Crippen LogP contribution in [0.2, 0.25) is 0 Å². The SMILES string of the molecule is CC(C)(C)c1cc(Oc2ccc3c(c2)N(c2cc(C(C)(C)C)ccn2)c2ccccc2C32c3cnccc3-c3ccncc32)cc(-n2[c](=[Pt])n(-c3c(-c4ccccc4)cccc3-c3ccccc3)c3ccccc32)c1. The molecule has 0 amide bonds. The Hall–Kier alpha value is -8.25. The minimum absolute atomic E-state index is 0.101. The van der Waals surface area contributed by atoms with Gasteiger partial charge < -0.3 is 0 Å². The van der Waals surface area contributed by atoms with Gasteiger partial charge in [0, 0.05) is 31.0 Å². The maximum absolute atomic E-state index is 7.29. The predicted octanol–water partition coefficient (Wildman–Crippen LogP) is 16.6. The summed E-state index contributed by atoms with van der Waals surface area (Å²) in [5.41, 5.74) is 19.1. The molecule has 2 aliphatic rings. The van der Waals surface area contributed by atoms with Crippen LogP contribution in [0.15, 0.2) is 219 Å². The summed E-state index contributed by atoms with van der Waals surface area (Å²) in [7, 11) is 0. The van der Waals surface area contributed by atoms with E-state index in [0.717, 1.165) is 110 Å². The fourth-order valence-electron chi connectivity index (χ4n) is 11.6. The molecule has 0 atom stereocenters. The number of pyridine rings is 3. The fraction of sp³-hybridized carbons (Fsp3) is 0.134. The average Bonchev–Trinajstić information content (AvgIpc) is 4.15. The van der Waals surface area contributed by atoms with Crippen LogP contribution in [-0.2, 0) is 35.6 Å². The number of para-hydroxylation sites is 4. The molecular formula is C67H54N6OPt. The van der Waals surface area contributed by atoms with E-state index in [1.54, 1.807) is 0 Å². The Bertz CT molecular complexity index is 4000. The number of fused-ring (bicyclic) bond motifs is 10. The molecular weight excluding hydrogens is 1100 g/mol. The molecule has 7 nitrogen and oxygen atoms in total. The van der Waals surface area contributed by atoms with Crippen molar-refractivity contribution in [3.05, 3.63) is 256 Å². The zero-order chi connectivity index (χ0) is 51.2. The van der Waals surface area contributed by atoms with E-state index in [1.807, 2.05) is 31.0 Å². The standard InChI is InChI=1S/C67H54N6O.Pt/c1-65(2,3)46-30-35-70-63(38-46)73-59-25-14-13-24-55(59)67(57-41-68-33-31-53(57)54-32-34-69-42-58(54)67)56-29-28-49(40-62(56)73)74-50-37-47(66(4,5)6)36-48(39-50)71-43-72(61-27-16-15-26-60(61)71)64-51(44-18-9-7-10-19-44)22-17-23-52(64)45-20-11-8-12-21-45;/h7-42H,1-6H3;. The molecule has 0 N–H and O–H groups in total. The van der Waals surface area contributed by atoms with Gasteiger partial charge in [0.15, 0.2) is 0 Å². The zero-order valence-electron chi connectivity index (χ0n) is 42.7. The molecule has 4 aromatic heterocycles. The van der Waals surface area contributed by atoms with Crippen LogP contribution in [0.25, 0.3) is 55.8 Å². The van der Waals surface area contributed by atoms with Crippen LogP contribution < -0.4 is 9.64 Å². The summed E-state index contributed by atoms with van der Waals surface area (Å²) in [5.74, 6) is 2.28. The van der Waals surface area contributed by atoms with E-state index in [4.69, 9.17) is 19.7 Å². The molecule has 0 fully saturated rings. The average molecular weight is 1150 g/mol. The van der Waals surface area contributed by atoms with E-state index in [0.29, 0.717) is 5.75 Å². The van der Waals surface area contributed by atoms with Gasteiger partial charge in [0.1, 0.15) is 0 Å². The van der Waals surface area contributed by atoms with E-state index >= 15 is 0 Å². The van der Waals surface area contributed by atoms with Crippen molar-refractivity contribution in [3.63, 3.8) is 0 Å². The van der Waals surface area contributed by atoms with Gasteiger partial charge in [-0.2, -0.15) is 0 Å². The molecule has 0 unspecified atom stereocenters. The van der Waals surface area contributed by atoms with Crippen LogP contribution >= 0.6 is 0 Å². The van der Waals surface area contributed by atoms with Crippen molar-refractivity contribution < 1.29 is 24.1 Å². The summed E-state index contributed by atoms with van der Waals surface area (Å²) < 4.78 is 13.1. The molecule has 75 heavy (non-hydrogen) atoms. The molecule has 1 aliphatic carbocycles. The number of anilines is 3. The topological polar surface area (TPSA) is 61.0 Å². The Morgan fingerprint density at radius 1 is 0.453 bits per heavy atom. The van der Waals surface area contributed by atoms with Crippen molar-refractivity contribution in [2.45, 2.75) is 57.8 Å². The number of hydrogen-bond donors (Lipinski definition) is 0. The Balaban J connectivity index is 1.02. The van der Waals surface area contributed by atoms with Gasteiger partial charge in [-0.15, -0.1) is 0 Å². The summed E-state index contributed by atoms with van der Waals surface area (Å²) >= 11 is 2.54. The Labute approximate surface area is 448 Å².